The van der Waals surface area contributed by atoms with Crippen LogP contribution in [0.15, 0.2) is 64.6 Å². The van der Waals surface area contributed by atoms with E-state index in [4.69, 9.17) is 16.3 Å². The number of nitriles is 1. The summed E-state index contributed by atoms with van der Waals surface area (Å²) < 4.78 is 7.60. The van der Waals surface area contributed by atoms with Crippen LogP contribution in [-0.4, -0.2) is 5.91 Å². The van der Waals surface area contributed by atoms with Crippen molar-refractivity contribution in [2.75, 3.05) is 5.32 Å². The van der Waals surface area contributed by atoms with Crippen molar-refractivity contribution < 1.29 is 9.53 Å². The summed E-state index contributed by atoms with van der Waals surface area (Å²) in [6.45, 7) is 4.34. The molecule has 7 heteroatoms. The summed E-state index contributed by atoms with van der Waals surface area (Å²) >= 11 is 11.7. The van der Waals surface area contributed by atoms with Crippen LogP contribution in [0.5, 0.6) is 5.75 Å². The van der Waals surface area contributed by atoms with Crippen LogP contribution in [0.1, 0.15) is 22.3 Å². The summed E-state index contributed by atoms with van der Waals surface area (Å²) in [6, 6.07) is 19.0. The predicted octanol–water partition coefficient (Wildman–Crippen LogP) is 7.45. The van der Waals surface area contributed by atoms with Gasteiger partial charge in [-0.15, -0.1) is 0 Å². The van der Waals surface area contributed by atoms with Crippen molar-refractivity contribution in [3.8, 4) is 11.8 Å². The summed E-state index contributed by atoms with van der Waals surface area (Å²) in [4.78, 5) is 12.6. The fourth-order valence-electron chi connectivity index (χ4n) is 2.87. The van der Waals surface area contributed by atoms with Gasteiger partial charge in [0, 0.05) is 10.7 Å². The van der Waals surface area contributed by atoms with Gasteiger partial charge in [-0.2, -0.15) is 5.26 Å². The minimum absolute atomic E-state index is 0.0135. The molecule has 32 heavy (non-hydrogen) atoms. The highest BCUT2D eigenvalue weighted by atomic mass is 127. The van der Waals surface area contributed by atoms with E-state index >= 15 is 0 Å². The number of nitrogens with zero attached hydrogens (tertiary/aromatic N) is 1. The molecule has 1 N–H and O–H groups in total. The molecule has 1 amide bonds. The van der Waals surface area contributed by atoms with Gasteiger partial charge in [-0.1, -0.05) is 47.5 Å². The summed E-state index contributed by atoms with van der Waals surface area (Å²) in [5.41, 5.74) is 4.39. The molecule has 3 rings (SSSR count). The van der Waals surface area contributed by atoms with E-state index in [2.05, 4.69) is 43.8 Å². The number of hydrogen-bond donors (Lipinski definition) is 1. The second kappa shape index (κ2) is 11.0. The first-order valence-electron chi connectivity index (χ1n) is 9.63. The van der Waals surface area contributed by atoms with Crippen molar-refractivity contribution in [2.45, 2.75) is 20.5 Å². The molecule has 0 unspecified atom stereocenters. The number of anilines is 1. The number of hydrogen-bond acceptors (Lipinski definition) is 3. The van der Waals surface area contributed by atoms with Gasteiger partial charge in [-0.05, 0) is 99.4 Å². The molecule has 0 bridgehead atoms. The molecular formula is C25H19BrClIN2O2. The number of carbonyl (C=O) groups is 1. The Hall–Kier alpha value is -2.34. The van der Waals surface area contributed by atoms with Gasteiger partial charge in [0.2, 0.25) is 0 Å². The van der Waals surface area contributed by atoms with Crippen LogP contribution in [0.25, 0.3) is 6.08 Å². The molecule has 0 aliphatic carbocycles. The highest BCUT2D eigenvalue weighted by molar-refractivity contribution is 14.1. The van der Waals surface area contributed by atoms with Gasteiger partial charge in [0.05, 0.1) is 8.04 Å². The zero-order chi connectivity index (χ0) is 23.3. The predicted molar refractivity (Wildman–Crippen MR) is 141 cm³/mol. The molecule has 0 radical (unpaired) electrons. The highest BCUT2D eigenvalue weighted by Gasteiger charge is 2.14. The van der Waals surface area contributed by atoms with E-state index in [9.17, 15) is 10.1 Å². The van der Waals surface area contributed by atoms with E-state index in [0.29, 0.717) is 28.6 Å². The highest BCUT2D eigenvalue weighted by Crippen LogP contribution is 2.33. The van der Waals surface area contributed by atoms with Crippen molar-refractivity contribution in [2.24, 2.45) is 0 Å². The normalized spacial score (nSPS) is 11.1. The van der Waals surface area contributed by atoms with Gasteiger partial charge < -0.3 is 10.1 Å². The van der Waals surface area contributed by atoms with E-state index in [1.165, 1.54) is 5.56 Å². The third-order valence-electron chi connectivity index (χ3n) is 4.65. The van der Waals surface area contributed by atoms with Gasteiger partial charge >= 0.3 is 0 Å². The zero-order valence-corrected chi connectivity index (χ0v) is 21.9. The van der Waals surface area contributed by atoms with Gasteiger partial charge in [-0.25, -0.2) is 0 Å². The second-order valence-electron chi connectivity index (χ2n) is 7.17. The second-order valence-corrected chi connectivity index (χ2v) is 9.62. The molecule has 0 atom stereocenters. The molecule has 0 heterocycles. The summed E-state index contributed by atoms with van der Waals surface area (Å²) in [6.07, 6.45) is 1.55. The number of aryl methyl sites for hydroxylation is 2. The lowest BCUT2D eigenvalue weighted by atomic mass is 10.1. The van der Waals surface area contributed by atoms with Crippen molar-refractivity contribution in [1.82, 2.24) is 0 Å². The summed E-state index contributed by atoms with van der Waals surface area (Å²) in [5, 5.41) is 12.8. The molecular weight excluding hydrogens is 603 g/mol. The Morgan fingerprint density at radius 3 is 2.56 bits per heavy atom. The number of nitrogens with one attached hydrogen (secondary N) is 1. The molecule has 0 aliphatic rings. The molecule has 0 aliphatic heterocycles. The molecule has 4 nitrogen and oxygen atoms in total. The maximum Gasteiger partial charge on any atom is 0.266 e. The van der Waals surface area contributed by atoms with Crippen molar-refractivity contribution >= 4 is 67.8 Å². The third-order valence-corrected chi connectivity index (χ3v) is 6.27. The minimum atomic E-state index is -0.497. The Balaban J connectivity index is 1.78. The molecule has 0 aromatic heterocycles. The minimum Gasteiger partial charge on any atom is -0.487 e. The SMILES string of the molecule is Cc1ccc(COc2c(Br)cc(/C=C(\C#N)C(=O)Nc3cc(Cl)ccc3C)cc2I)cc1. The van der Waals surface area contributed by atoms with Crippen LogP contribution in [0.2, 0.25) is 5.02 Å². The number of halogens is 3. The maximum absolute atomic E-state index is 12.6. The number of benzene rings is 3. The van der Waals surface area contributed by atoms with Crippen molar-refractivity contribution in [3.05, 3.63) is 95.5 Å². The Labute approximate surface area is 214 Å². The van der Waals surface area contributed by atoms with Gasteiger partial charge in [0.25, 0.3) is 5.91 Å². The smallest absolute Gasteiger partial charge is 0.266 e. The molecule has 0 saturated carbocycles. The van der Waals surface area contributed by atoms with Gasteiger partial charge in [0.15, 0.2) is 0 Å². The molecule has 0 spiro atoms. The molecule has 0 saturated heterocycles. The quantitative estimate of drug-likeness (QED) is 0.177. The van der Waals surface area contributed by atoms with E-state index in [-0.39, 0.29) is 5.57 Å². The van der Waals surface area contributed by atoms with E-state index in [1.54, 1.807) is 18.2 Å². The van der Waals surface area contributed by atoms with Crippen LogP contribution < -0.4 is 10.1 Å². The van der Waals surface area contributed by atoms with Crippen molar-refractivity contribution in [1.29, 1.82) is 5.26 Å². The first kappa shape index (κ1) is 24.3. The summed E-state index contributed by atoms with van der Waals surface area (Å²) in [7, 11) is 0. The number of ether oxygens (including phenoxy) is 1. The Morgan fingerprint density at radius 2 is 1.91 bits per heavy atom. The average molecular weight is 622 g/mol. The largest absolute Gasteiger partial charge is 0.487 e. The first-order chi connectivity index (χ1) is 15.3. The van der Waals surface area contributed by atoms with Crippen LogP contribution >= 0.6 is 50.1 Å². The monoisotopic (exact) mass is 620 g/mol. The Kier molecular flexibility index (Phi) is 8.35. The number of rotatable bonds is 6. The lowest BCUT2D eigenvalue weighted by Crippen LogP contribution is -2.14. The first-order valence-corrected chi connectivity index (χ1v) is 11.9. The summed E-state index contributed by atoms with van der Waals surface area (Å²) in [5.74, 6) is 0.213. The van der Waals surface area contributed by atoms with Gasteiger partial charge in [-0.3, -0.25) is 4.79 Å². The van der Waals surface area contributed by atoms with E-state index < -0.39 is 5.91 Å². The number of amides is 1. The van der Waals surface area contributed by atoms with Crippen molar-refractivity contribution in [3.63, 3.8) is 0 Å². The lowest BCUT2D eigenvalue weighted by Gasteiger charge is -2.12. The van der Waals surface area contributed by atoms with Gasteiger partial charge in [0.1, 0.15) is 24.0 Å². The van der Waals surface area contributed by atoms with E-state index in [0.717, 1.165) is 19.2 Å². The fraction of sp³-hybridized carbons (Fsp3) is 0.120. The third kappa shape index (κ3) is 6.35. The molecule has 3 aromatic rings. The standard InChI is InChI=1S/C25H19BrClIN2O2/c1-15-3-6-17(7-4-15)14-32-24-21(26)10-18(11-22(24)28)9-19(13-29)25(31)30-23-12-20(27)8-5-16(23)2/h3-12H,14H2,1-2H3,(H,30,31)/b19-9+. The van der Waals surface area contributed by atoms with E-state index in [1.807, 2.05) is 62.4 Å². The Morgan fingerprint density at radius 1 is 1.19 bits per heavy atom. The Bertz CT molecular complexity index is 1210. The molecule has 162 valence electrons. The number of carbonyl (C=O) groups excluding carboxylic acids is 1. The molecule has 3 aromatic carbocycles. The van der Waals surface area contributed by atoms with Crippen LogP contribution in [-0.2, 0) is 11.4 Å². The topological polar surface area (TPSA) is 62.1 Å². The van der Waals surface area contributed by atoms with Crippen LogP contribution in [0.4, 0.5) is 5.69 Å². The van der Waals surface area contributed by atoms with Crippen LogP contribution in [0.3, 0.4) is 0 Å². The lowest BCUT2D eigenvalue weighted by molar-refractivity contribution is -0.112. The molecule has 0 fully saturated rings. The maximum atomic E-state index is 12.6. The fourth-order valence-corrected chi connectivity index (χ4v) is 4.82. The van der Waals surface area contributed by atoms with Crippen LogP contribution in [0, 0.1) is 28.7 Å². The zero-order valence-electron chi connectivity index (χ0n) is 17.4. The average Bonchev–Trinajstić information content (AvgIpc) is 2.75.